The lowest BCUT2D eigenvalue weighted by Gasteiger charge is -2.36. The number of piperazine rings is 1. The van der Waals surface area contributed by atoms with Gasteiger partial charge < -0.3 is 19.1 Å². The highest BCUT2D eigenvalue weighted by Crippen LogP contribution is 2.36. The molecule has 2 aromatic heterocycles. The molecule has 3 heterocycles. The summed E-state index contributed by atoms with van der Waals surface area (Å²) in [6, 6.07) is 3.32. The second-order valence-corrected chi connectivity index (χ2v) is 6.76. The number of hydrogen-bond donors (Lipinski definition) is 1. The Kier molecular flexibility index (Phi) is 5.44. The number of alkyl halides is 3. The van der Waals surface area contributed by atoms with Crippen molar-refractivity contribution in [3.8, 4) is 0 Å². The van der Waals surface area contributed by atoms with Crippen molar-refractivity contribution in [3.05, 3.63) is 60.5 Å². The highest BCUT2D eigenvalue weighted by Gasteiger charge is 2.32. The summed E-state index contributed by atoms with van der Waals surface area (Å²) in [7, 11) is 0. The van der Waals surface area contributed by atoms with E-state index in [1.807, 2.05) is 4.90 Å². The minimum Gasteiger partial charge on any atom is -0.451 e. The van der Waals surface area contributed by atoms with Gasteiger partial charge in [-0.15, -0.1) is 0 Å². The highest BCUT2D eigenvalue weighted by molar-refractivity contribution is 6.03. The maximum atomic E-state index is 13.2. The van der Waals surface area contributed by atoms with Crippen LogP contribution in [0.1, 0.15) is 21.9 Å². The fourth-order valence-corrected chi connectivity index (χ4v) is 3.29. The molecule has 1 saturated heterocycles. The Hall–Kier alpha value is -3.34. The molecular weight excluding hydrogens is 403 g/mol. The van der Waals surface area contributed by atoms with Crippen molar-refractivity contribution in [3.63, 3.8) is 0 Å². The van der Waals surface area contributed by atoms with Crippen molar-refractivity contribution in [2.24, 2.45) is 0 Å². The molecule has 0 aliphatic carbocycles. The van der Waals surface area contributed by atoms with E-state index in [4.69, 9.17) is 8.83 Å². The Morgan fingerprint density at radius 1 is 1.17 bits per heavy atom. The van der Waals surface area contributed by atoms with Crippen LogP contribution in [0.3, 0.4) is 0 Å². The van der Waals surface area contributed by atoms with Gasteiger partial charge in [-0.25, -0.2) is 9.97 Å². The maximum Gasteiger partial charge on any atom is 0.416 e. The SMILES string of the molecule is O=C(Nc1cc(C(F)(F)F)ccc1N1CCN(Cc2cocn2)CC1)c1ncco1. The van der Waals surface area contributed by atoms with E-state index in [0.717, 1.165) is 17.8 Å². The first-order chi connectivity index (χ1) is 14.4. The zero-order chi connectivity index (χ0) is 21.1. The highest BCUT2D eigenvalue weighted by atomic mass is 19.4. The van der Waals surface area contributed by atoms with Crippen LogP contribution in [0.2, 0.25) is 0 Å². The lowest BCUT2D eigenvalue weighted by atomic mass is 10.1. The van der Waals surface area contributed by atoms with Gasteiger partial charge in [0.05, 0.1) is 28.8 Å². The summed E-state index contributed by atoms with van der Waals surface area (Å²) in [4.78, 5) is 24.3. The third kappa shape index (κ3) is 4.46. The second kappa shape index (κ2) is 8.19. The first-order valence-electron chi connectivity index (χ1n) is 9.16. The van der Waals surface area contributed by atoms with Crippen molar-refractivity contribution in [2.45, 2.75) is 12.7 Å². The Morgan fingerprint density at radius 3 is 2.60 bits per heavy atom. The van der Waals surface area contributed by atoms with Gasteiger partial charge in [-0.1, -0.05) is 0 Å². The molecule has 30 heavy (non-hydrogen) atoms. The van der Waals surface area contributed by atoms with Crippen molar-refractivity contribution < 1.29 is 26.8 Å². The average Bonchev–Trinajstić information content (AvgIpc) is 3.42. The fraction of sp³-hybridized carbons (Fsp3) is 0.316. The first kappa shape index (κ1) is 20.0. The molecule has 1 N–H and O–H groups in total. The molecule has 0 unspecified atom stereocenters. The predicted molar refractivity (Wildman–Crippen MR) is 99.9 cm³/mol. The number of carbonyl (C=O) groups is 1. The second-order valence-electron chi connectivity index (χ2n) is 6.76. The molecular formula is C19H18F3N5O3. The van der Waals surface area contributed by atoms with Gasteiger partial charge in [-0.3, -0.25) is 9.69 Å². The smallest absolute Gasteiger partial charge is 0.416 e. The molecule has 0 bridgehead atoms. The van der Waals surface area contributed by atoms with Gasteiger partial charge >= 0.3 is 12.1 Å². The molecule has 0 spiro atoms. The Bertz CT molecular complexity index is 982. The summed E-state index contributed by atoms with van der Waals surface area (Å²) in [5, 5.41) is 2.50. The number of benzene rings is 1. The van der Waals surface area contributed by atoms with E-state index < -0.39 is 17.6 Å². The molecule has 4 rings (SSSR count). The molecule has 0 saturated carbocycles. The van der Waals surface area contributed by atoms with Gasteiger partial charge in [0.25, 0.3) is 5.89 Å². The summed E-state index contributed by atoms with van der Waals surface area (Å²) >= 11 is 0. The summed E-state index contributed by atoms with van der Waals surface area (Å²) in [6.45, 7) is 3.14. The fourth-order valence-electron chi connectivity index (χ4n) is 3.29. The number of nitrogens with zero attached hydrogens (tertiary/aromatic N) is 4. The lowest BCUT2D eigenvalue weighted by Crippen LogP contribution is -2.46. The van der Waals surface area contributed by atoms with Gasteiger partial charge in [0.15, 0.2) is 6.39 Å². The molecule has 1 aromatic carbocycles. The van der Waals surface area contributed by atoms with Crippen LogP contribution in [0.5, 0.6) is 0 Å². The van der Waals surface area contributed by atoms with Crippen LogP contribution in [0, 0.1) is 0 Å². The summed E-state index contributed by atoms with van der Waals surface area (Å²) in [5.41, 5.74) is 0.525. The number of nitrogens with one attached hydrogen (secondary N) is 1. The first-order valence-corrected chi connectivity index (χ1v) is 9.16. The maximum absolute atomic E-state index is 13.2. The number of halogens is 3. The number of aromatic nitrogens is 2. The van der Waals surface area contributed by atoms with E-state index in [1.54, 1.807) is 6.26 Å². The molecule has 3 aromatic rings. The van der Waals surface area contributed by atoms with Crippen LogP contribution >= 0.6 is 0 Å². The number of oxazole rings is 2. The van der Waals surface area contributed by atoms with Crippen molar-refractivity contribution in [1.82, 2.24) is 14.9 Å². The van der Waals surface area contributed by atoms with Crippen LogP contribution in [-0.4, -0.2) is 47.0 Å². The molecule has 8 nitrogen and oxygen atoms in total. The Balaban J connectivity index is 1.52. The summed E-state index contributed by atoms with van der Waals surface area (Å²) in [5.74, 6) is -0.943. The molecule has 0 atom stereocenters. The van der Waals surface area contributed by atoms with E-state index in [9.17, 15) is 18.0 Å². The quantitative estimate of drug-likeness (QED) is 0.677. The third-order valence-electron chi connectivity index (χ3n) is 4.78. The number of carbonyl (C=O) groups excluding carboxylic acids is 1. The third-order valence-corrected chi connectivity index (χ3v) is 4.78. The van der Waals surface area contributed by atoms with E-state index in [-0.39, 0.29) is 11.6 Å². The predicted octanol–water partition coefficient (Wildman–Crippen LogP) is 3.26. The van der Waals surface area contributed by atoms with Gasteiger partial charge in [0.1, 0.15) is 12.5 Å². The van der Waals surface area contributed by atoms with Crippen LogP contribution in [-0.2, 0) is 12.7 Å². The molecule has 11 heteroatoms. The van der Waals surface area contributed by atoms with Crippen LogP contribution in [0.25, 0.3) is 0 Å². The molecule has 1 fully saturated rings. The standard InChI is InChI=1S/C19H18F3N5O3/c20-19(21,22)13-1-2-16(15(9-13)25-17(28)18-23-3-8-30-18)27-6-4-26(5-7-27)10-14-11-29-12-24-14/h1-3,8-9,11-12H,4-7,10H2,(H,25,28). The summed E-state index contributed by atoms with van der Waals surface area (Å²) in [6.07, 6.45) is 0.929. The number of anilines is 2. The number of amides is 1. The van der Waals surface area contributed by atoms with E-state index in [1.165, 1.54) is 24.9 Å². The Labute approximate surface area is 169 Å². The Morgan fingerprint density at radius 2 is 1.97 bits per heavy atom. The van der Waals surface area contributed by atoms with Gasteiger partial charge in [-0.05, 0) is 18.2 Å². The minimum atomic E-state index is -4.53. The molecule has 1 aliphatic rings. The van der Waals surface area contributed by atoms with Crippen LogP contribution in [0.15, 0.2) is 52.2 Å². The van der Waals surface area contributed by atoms with E-state index in [2.05, 4.69) is 20.2 Å². The van der Waals surface area contributed by atoms with Gasteiger partial charge in [-0.2, -0.15) is 13.2 Å². The van der Waals surface area contributed by atoms with Crippen molar-refractivity contribution >= 4 is 17.3 Å². The number of hydrogen-bond acceptors (Lipinski definition) is 7. The summed E-state index contributed by atoms with van der Waals surface area (Å²) < 4.78 is 49.5. The molecule has 1 aliphatic heterocycles. The monoisotopic (exact) mass is 421 g/mol. The molecule has 158 valence electrons. The molecule has 1 amide bonds. The normalized spacial score (nSPS) is 15.4. The largest absolute Gasteiger partial charge is 0.451 e. The zero-order valence-corrected chi connectivity index (χ0v) is 15.7. The zero-order valence-electron chi connectivity index (χ0n) is 15.7. The topological polar surface area (TPSA) is 87.6 Å². The van der Waals surface area contributed by atoms with Gasteiger partial charge in [0.2, 0.25) is 0 Å². The number of rotatable bonds is 5. The molecule has 0 radical (unpaired) electrons. The minimum absolute atomic E-state index is 0.0537. The lowest BCUT2D eigenvalue weighted by molar-refractivity contribution is -0.137. The van der Waals surface area contributed by atoms with Crippen molar-refractivity contribution in [1.29, 1.82) is 0 Å². The van der Waals surface area contributed by atoms with Gasteiger partial charge in [0, 0.05) is 32.7 Å². The van der Waals surface area contributed by atoms with E-state index in [0.29, 0.717) is 38.4 Å². The van der Waals surface area contributed by atoms with Crippen molar-refractivity contribution in [2.75, 3.05) is 36.4 Å². The average molecular weight is 421 g/mol. The van der Waals surface area contributed by atoms with Crippen LogP contribution < -0.4 is 10.2 Å². The van der Waals surface area contributed by atoms with Crippen LogP contribution in [0.4, 0.5) is 24.5 Å². The van der Waals surface area contributed by atoms with E-state index >= 15 is 0 Å².